The van der Waals surface area contributed by atoms with E-state index in [0.717, 1.165) is 0 Å². The molecule has 0 bridgehead atoms. The van der Waals surface area contributed by atoms with Gasteiger partial charge in [0, 0.05) is 0 Å². The van der Waals surface area contributed by atoms with Gasteiger partial charge in [0.15, 0.2) is 0 Å². The van der Waals surface area contributed by atoms with Gasteiger partial charge in [-0.15, -0.1) is 0 Å². The second-order valence-electron chi connectivity index (χ2n) is 1.76. The Kier molecular flexibility index (Phi) is 2.75. The maximum Gasteiger partial charge on any atom is 0.480 e. The number of rotatable bonds is 2. The molecule has 0 saturated carbocycles. The van der Waals surface area contributed by atoms with Crippen molar-refractivity contribution < 1.29 is 12.9 Å². The van der Waals surface area contributed by atoms with Gasteiger partial charge in [-0.3, -0.25) is 0 Å². The Labute approximate surface area is 55.9 Å². The van der Waals surface area contributed by atoms with E-state index in [0.29, 0.717) is 0 Å². The van der Waals surface area contributed by atoms with Crippen molar-refractivity contribution in [2.75, 3.05) is 0 Å². The minimum Gasteiger partial charge on any atom is -0.449 e. The molecule has 0 atom stereocenters. The first kappa shape index (κ1) is 8.83. The lowest BCUT2D eigenvalue weighted by Crippen LogP contribution is -2.18. The first-order valence-corrected chi connectivity index (χ1v) is 2.50. The van der Waals surface area contributed by atoms with Crippen molar-refractivity contribution in [2.24, 2.45) is 5.92 Å². The van der Waals surface area contributed by atoms with Crippen LogP contribution in [0.3, 0.4) is 0 Å². The number of halogens is 3. The molecule has 54 valence electrons. The topological polar surface area (TPSA) is 47.6 Å². The molecule has 0 aliphatic carbocycles. The summed E-state index contributed by atoms with van der Waals surface area (Å²) in [4.78, 5) is 0. The summed E-state index contributed by atoms with van der Waals surface area (Å²) in [6.45, 7) is -5.00. The first-order chi connectivity index (χ1) is 4.49. The molecule has 0 amide bonds. The fraction of sp³-hybridized carbons (Fsp3) is 0.500. The Morgan fingerprint density at radius 1 is 1.20 bits per heavy atom. The van der Waals surface area contributed by atoms with E-state index >= 15 is 0 Å². The maximum absolute atomic E-state index is 11.4. The lowest BCUT2D eigenvalue weighted by molar-refractivity contribution is 0.461. The van der Waals surface area contributed by atoms with Crippen molar-refractivity contribution >= 4 is 6.98 Å². The van der Waals surface area contributed by atoms with E-state index in [4.69, 9.17) is 10.5 Å². The molecule has 0 fully saturated rings. The molecule has 0 saturated heterocycles. The zero-order valence-corrected chi connectivity index (χ0v) is 4.89. The molecule has 0 aromatic rings. The lowest BCUT2D eigenvalue weighted by Gasteiger charge is -2.12. The average molecular weight is 147 g/mol. The van der Waals surface area contributed by atoms with Crippen LogP contribution in [-0.2, 0) is 0 Å². The van der Waals surface area contributed by atoms with Crippen molar-refractivity contribution in [1.82, 2.24) is 0 Å². The van der Waals surface area contributed by atoms with Crippen molar-refractivity contribution in [1.29, 1.82) is 10.5 Å². The number of nitrogens with zero attached hydrogens (tertiary/aromatic N) is 2. The van der Waals surface area contributed by atoms with Gasteiger partial charge in [-0.05, 0) is 0 Å². The van der Waals surface area contributed by atoms with Crippen LogP contribution >= 0.6 is 0 Å². The van der Waals surface area contributed by atoms with E-state index in [-0.39, 0.29) is 0 Å². The highest BCUT2D eigenvalue weighted by molar-refractivity contribution is 6.58. The van der Waals surface area contributed by atoms with E-state index in [1.165, 1.54) is 12.1 Å². The molecule has 0 aromatic carbocycles. The molecule has 2 nitrogen and oxygen atoms in total. The third-order valence-corrected chi connectivity index (χ3v) is 0.815. The molecular formula is C4H3BF3N2-. The SMILES string of the molecule is N#CC(C#N)C[B-](F)(F)F. The van der Waals surface area contributed by atoms with Gasteiger partial charge in [0.05, 0.1) is 12.1 Å². The first-order valence-electron chi connectivity index (χ1n) is 2.50. The normalized spacial score (nSPS) is 10.6. The Bertz CT molecular complexity index is 172. The van der Waals surface area contributed by atoms with Gasteiger partial charge in [-0.25, -0.2) is 0 Å². The fourth-order valence-corrected chi connectivity index (χ4v) is 0.402. The van der Waals surface area contributed by atoms with E-state index < -0.39 is 19.2 Å². The summed E-state index contributed by atoms with van der Waals surface area (Å²) in [6, 6.07) is 2.49. The predicted molar refractivity (Wildman–Crippen MR) is 28.6 cm³/mol. The summed E-state index contributed by atoms with van der Waals surface area (Å²) in [5, 5.41) is 15.9. The van der Waals surface area contributed by atoms with Crippen LogP contribution in [0.4, 0.5) is 12.9 Å². The minimum absolute atomic E-state index is 1.24. The van der Waals surface area contributed by atoms with Gasteiger partial charge >= 0.3 is 6.98 Å². The lowest BCUT2D eigenvalue weighted by atomic mass is 9.79. The van der Waals surface area contributed by atoms with Crippen LogP contribution in [0.5, 0.6) is 0 Å². The molecule has 0 radical (unpaired) electrons. The monoisotopic (exact) mass is 147 g/mol. The average Bonchev–Trinajstić information content (AvgIpc) is 1.81. The van der Waals surface area contributed by atoms with Crippen LogP contribution in [0.1, 0.15) is 0 Å². The number of hydrogen-bond donors (Lipinski definition) is 0. The predicted octanol–water partition coefficient (Wildman–Crippen LogP) is 1.50. The van der Waals surface area contributed by atoms with Gasteiger partial charge in [0.25, 0.3) is 0 Å². The smallest absolute Gasteiger partial charge is 0.449 e. The fourth-order valence-electron chi connectivity index (χ4n) is 0.402. The highest BCUT2D eigenvalue weighted by atomic mass is 19.4. The Morgan fingerprint density at radius 3 is 1.70 bits per heavy atom. The number of hydrogen-bond acceptors (Lipinski definition) is 2. The van der Waals surface area contributed by atoms with Crippen LogP contribution in [0.25, 0.3) is 0 Å². The van der Waals surface area contributed by atoms with E-state index in [9.17, 15) is 12.9 Å². The largest absolute Gasteiger partial charge is 0.480 e. The van der Waals surface area contributed by atoms with Crippen molar-refractivity contribution in [2.45, 2.75) is 6.32 Å². The number of nitriles is 2. The van der Waals surface area contributed by atoms with Crippen LogP contribution in [0.2, 0.25) is 6.32 Å². The van der Waals surface area contributed by atoms with Gasteiger partial charge in [0.1, 0.15) is 5.92 Å². The second-order valence-corrected chi connectivity index (χ2v) is 1.76. The van der Waals surface area contributed by atoms with Crippen LogP contribution in [-0.4, -0.2) is 6.98 Å². The zero-order chi connectivity index (χ0) is 8.20. The van der Waals surface area contributed by atoms with Crippen molar-refractivity contribution in [3.63, 3.8) is 0 Å². The summed E-state index contributed by atoms with van der Waals surface area (Å²) in [7, 11) is 0. The molecule has 6 heteroatoms. The molecule has 0 N–H and O–H groups in total. The van der Waals surface area contributed by atoms with E-state index in [2.05, 4.69) is 0 Å². The van der Waals surface area contributed by atoms with Crippen LogP contribution in [0.15, 0.2) is 0 Å². The highest BCUT2D eigenvalue weighted by Gasteiger charge is 2.27. The third kappa shape index (κ3) is 3.79. The summed E-state index contributed by atoms with van der Waals surface area (Å²) in [6.07, 6.45) is -1.28. The Hall–Kier alpha value is -1.17. The third-order valence-electron chi connectivity index (χ3n) is 0.815. The Morgan fingerprint density at radius 2 is 1.60 bits per heavy atom. The minimum atomic E-state index is -5.00. The molecular weight excluding hydrogens is 144 g/mol. The van der Waals surface area contributed by atoms with Gasteiger partial charge < -0.3 is 12.9 Å². The zero-order valence-electron chi connectivity index (χ0n) is 4.89. The molecule has 0 heterocycles. The van der Waals surface area contributed by atoms with Crippen molar-refractivity contribution in [3.05, 3.63) is 0 Å². The standard InChI is InChI=1S/C4H3BF3N2/c6-5(7,8)1-4(2-9)3-10/h4H,1H2/q-1. The quantitative estimate of drug-likeness (QED) is 0.555. The molecule has 0 rings (SSSR count). The molecule has 0 aliphatic heterocycles. The van der Waals surface area contributed by atoms with Gasteiger partial charge in [0.2, 0.25) is 0 Å². The highest BCUT2D eigenvalue weighted by Crippen LogP contribution is 2.19. The second kappa shape index (κ2) is 3.12. The molecule has 0 spiro atoms. The molecule has 0 aromatic heterocycles. The summed E-state index contributed by atoms with van der Waals surface area (Å²) in [5.74, 6) is -1.54. The van der Waals surface area contributed by atoms with Crippen LogP contribution in [0, 0.1) is 28.6 Å². The Balaban J connectivity index is 3.94. The van der Waals surface area contributed by atoms with Crippen LogP contribution < -0.4 is 0 Å². The molecule has 0 unspecified atom stereocenters. The van der Waals surface area contributed by atoms with E-state index in [1.54, 1.807) is 0 Å². The summed E-state index contributed by atoms with van der Waals surface area (Å²) >= 11 is 0. The molecule has 0 aliphatic rings. The summed E-state index contributed by atoms with van der Waals surface area (Å²) < 4.78 is 34.3. The molecule has 10 heavy (non-hydrogen) atoms. The maximum atomic E-state index is 11.4. The van der Waals surface area contributed by atoms with Crippen molar-refractivity contribution in [3.8, 4) is 12.1 Å². The van der Waals surface area contributed by atoms with Gasteiger partial charge in [-0.2, -0.15) is 10.5 Å². The van der Waals surface area contributed by atoms with Gasteiger partial charge in [-0.1, -0.05) is 6.32 Å². The van der Waals surface area contributed by atoms with E-state index in [1.807, 2.05) is 0 Å². The summed E-state index contributed by atoms with van der Waals surface area (Å²) in [5.41, 5.74) is 0.